The Bertz CT molecular complexity index is 1400. The van der Waals surface area contributed by atoms with E-state index in [4.69, 9.17) is 25.1 Å². The number of aromatic nitrogens is 2. The molecule has 0 saturated heterocycles. The van der Waals surface area contributed by atoms with Crippen molar-refractivity contribution in [2.75, 3.05) is 26.9 Å². The van der Waals surface area contributed by atoms with Crippen molar-refractivity contribution in [3.05, 3.63) is 65.4 Å². The standard InChI is InChI=1S/C27H27F4N3O6/c1-25(32)14-40-24-17(25)11-22(34-23(24)15-3-5-16(28)6-4-15)26(37,27(29,30)31)8-7-19(36)18-12-20(38-2)21(13-33-18)39-10-9-35/h3-6,11-13,35,37H,7-10,14,32H2,1-2H3/t25-,26-/m1/s1. The number of aliphatic hydroxyl groups is 2. The van der Waals surface area contributed by atoms with Crippen LogP contribution in [0, 0.1) is 5.82 Å². The first-order chi connectivity index (χ1) is 18.8. The van der Waals surface area contributed by atoms with E-state index in [0.29, 0.717) is 0 Å². The van der Waals surface area contributed by atoms with Gasteiger partial charge in [0.2, 0.25) is 5.60 Å². The Labute approximate surface area is 226 Å². The van der Waals surface area contributed by atoms with Crippen molar-refractivity contribution in [1.29, 1.82) is 0 Å². The van der Waals surface area contributed by atoms with E-state index in [2.05, 4.69) is 9.97 Å². The fraction of sp³-hybridized carbons (Fsp3) is 0.370. The number of methoxy groups -OCH3 is 1. The molecule has 4 rings (SSSR count). The predicted molar refractivity (Wildman–Crippen MR) is 134 cm³/mol. The lowest BCUT2D eigenvalue weighted by atomic mass is 9.86. The van der Waals surface area contributed by atoms with E-state index in [9.17, 15) is 27.5 Å². The lowest BCUT2D eigenvalue weighted by Gasteiger charge is -2.31. The number of carbonyl (C=O) groups is 1. The molecule has 1 aromatic carbocycles. The molecule has 1 aliphatic rings. The average molecular weight is 566 g/mol. The summed E-state index contributed by atoms with van der Waals surface area (Å²) in [5.41, 5.74) is 0.886. The lowest BCUT2D eigenvalue weighted by Crippen LogP contribution is -2.44. The summed E-state index contributed by atoms with van der Waals surface area (Å²) in [7, 11) is 1.30. The number of hydrogen-bond acceptors (Lipinski definition) is 9. The molecule has 13 heteroatoms. The molecule has 0 fully saturated rings. The van der Waals surface area contributed by atoms with Crippen LogP contribution in [0.4, 0.5) is 17.6 Å². The second kappa shape index (κ2) is 11.0. The van der Waals surface area contributed by atoms with Crippen LogP contribution in [0.3, 0.4) is 0 Å². The van der Waals surface area contributed by atoms with Crippen LogP contribution in [0.15, 0.2) is 42.6 Å². The SMILES string of the molecule is COc1cc(C(=O)CC[C@@](O)(c2cc3c(c(-c4ccc(F)cc4)n2)OC[C@@]3(C)N)C(F)(F)F)ncc1OCCO. The van der Waals surface area contributed by atoms with Crippen LogP contribution in [0.2, 0.25) is 0 Å². The van der Waals surface area contributed by atoms with Crippen molar-refractivity contribution in [1.82, 2.24) is 9.97 Å². The summed E-state index contributed by atoms with van der Waals surface area (Å²) in [6, 6.07) is 7.09. The first-order valence-corrected chi connectivity index (χ1v) is 12.1. The maximum absolute atomic E-state index is 14.5. The molecule has 0 saturated carbocycles. The lowest BCUT2D eigenvalue weighted by molar-refractivity contribution is -0.270. The molecular weight excluding hydrogens is 538 g/mol. The summed E-state index contributed by atoms with van der Waals surface area (Å²) in [5.74, 6) is -1.03. The van der Waals surface area contributed by atoms with Gasteiger partial charge in [0.25, 0.3) is 0 Å². The minimum atomic E-state index is -5.24. The normalized spacial score (nSPS) is 18.0. The number of ether oxygens (including phenoxy) is 3. The maximum Gasteiger partial charge on any atom is 0.422 e. The van der Waals surface area contributed by atoms with Gasteiger partial charge in [0, 0.05) is 23.6 Å². The van der Waals surface area contributed by atoms with Crippen molar-refractivity contribution in [2.24, 2.45) is 5.73 Å². The molecule has 40 heavy (non-hydrogen) atoms. The molecule has 3 aromatic rings. The zero-order chi connectivity index (χ0) is 29.3. The van der Waals surface area contributed by atoms with Crippen LogP contribution in [0.1, 0.15) is 41.5 Å². The van der Waals surface area contributed by atoms with Crippen LogP contribution >= 0.6 is 0 Å². The number of Topliss-reactive ketones (excluding diaryl/α,β-unsaturated/α-hetero) is 1. The molecular formula is C27H27F4N3O6. The Morgan fingerprint density at radius 1 is 1.20 bits per heavy atom. The molecule has 0 amide bonds. The predicted octanol–water partition coefficient (Wildman–Crippen LogP) is 3.64. The molecule has 0 radical (unpaired) electrons. The van der Waals surface area contributed by atoms with E-state index in [1.807, 2.05) is 0 Å². The number of pyridine rings is 2. The molecule has 4 N–H and O–H groups in total. The summed E-state index contributed by atoms with van der Waals surface area (Å²) in [4.78, 5) is 20.9. The van der Waals surface area contributed by atoms with Crippen LogP contribution in [-0.2, 0) is 11.1 Å². The van der Waals surface area contributed by atoms with Gasteiger partial charge >= 0.3 is 6.18 Å². The number of carbonyl (C=O) groups excluding carboxylic acids is 1. The van der Waals surface area contributed by atoms with Gasteiger partial charge in [0.1, 0.15) is 30.4 Å². The summed E-state index contributed by atoms with van der Waals surface area (Å²) < 4.78 is 73.0. The Balaban J connectivity index is 1.71. The van der Waals surface area contributed by atoms with Gasteiger partial charge < -0.3 is 30.2 Å². The fourth-order valence-electron chi connectivity index (χ4n) is 4.26. The number of fused-ring (bicyclic) bond motifs is 1. The first kappa shape index (κ1) is 29.2. The van der Waals surface area contributed by atoms with E-state index in [-0.39, 0.29) is 59.6 Å². The minimum Gasteiger partial charge on any atom is -0.493 e. The highest BCUT2D eigenvalue weighted by atomic mass is 19.4. The molecule has 3 heterocycles. The highest BCUT2D eigenvalue weighted by Crippen LogP contribution is 2.48. The number of benzene rings is 1. The fourth-order valence-corrected chi connectivity index (χ4v) is 4.26. The van der Waals surface area contributed by atoms with E-state index in [1.165, 1.54) is 25.3 Å². The average Bonchev–Trinajstić information content (AvgIpc) is 3.23. The first-order valence-electron chi connectivity index (χ1n) is 12.1. The molecule has 0 bridgehead atoms. The monoisotopic (exact) mass is 565 g/mol. The number of halogens is 4. The van der Waals surface area contributed by atoms with E-state index >= 15 is 0 Å². The third-order valence-electron chi connectivity index (χ3n) is 6.51. The van der Waals surface area contributed by atoms with E-state index < -0.39 is 47.5 Å². The number of rotatable bonds is 10. The molecule has 0 spiro atoms. The van der Waals surface area contributed by atoms with Gasteiger partial charge in [-0.15, -0.1) is 0 Å². The zero-order valence-electron chi connectivity index (χ0n) is 21.6. The number of hydrogen-bond donors (Lipinski definition) is 3. The van der Waals surface area contributed by atoms with Gasteiger partial charge in [-0.25, -0.2) is 14.4 Å². The van der Waals surface area contributed by atoms with Crippen LogP contribution in [-0.4, -0.2) is 59.1 Å². The summed E-state index contributed by atoms with van der Waals surface area (Å²) in [6.45, 7) is 1.15. The molecule has 1 aliphatic heterocycles. The third kappa shape index (κ3) is 5.58. The van der Waals surface area contributed by atoms with Gasteiger partial charge in [-0.1, -0.05) is 0 Å². The molecule has 0 unspecified atom stereocenters. The Kier molecular flexibility index (Phi) is 8.01. The van der Waals surface area contributed by atoms with E-state index in [0.717, 1.165) is 24.4 Å². The molecule has 214 valence electrons. The molecule has 2 aromatic heterocycles. The van der Waals surface area contributed by atoms with Crippen molar-refractivity contribution >= 4 is 5.78 Å². The zero-order valence-corrected chi connectivity index (χ0v) is 21.6. The number of aliphatic hydroxyl groups excluding tert-OH is 1. The summed E-state index contributed by atoms with van der Waals surface area (Å²) in [6.07, 6.45) is -5.94. The highest BCUT2D eigenvalue weighted by molar-refractivity contribution is 5.94. The number of nitrogens with zero attached hydrogens (tertiary/aromatic N) is 2. The van der Waals surface area contributed by atoms with Crippen molar-refractivity contribution < 1.29 is 46.8 Å². The smallest absolute Gasteiger partial charge is 0.422 e. The van der Waals surface area contributed by atoms with Gasteiger partial charge in [-0.3, -0.25) is 4.79 Å². The summed E-state index contributed by atoms with van der Waals surface area (Å²) in [5, 5.41) is 20.0. The Morgan fingerprint density at radius 3 is 2.52 bits per heavy atom. The second-order valence-electron chi connectivity index (χ2n) is 9.52. The van der Waals surface area contributed by atoms with Gasteiger partial charge in [0.15, 0.2) is 23.0 Å². The topological polar surface area (TPSA) is 137 Å². The molecule has 2 atom stereocenters. The Morgan fingerprint density at radius 2 is 1.90 bits per heavy atom. The number of alkyl halides is 3. The highest BCUT2D eigenvalue weighted by Gasteiger charge is 2.57. The van der Waals surface area contributed by atoms with Crippen LogP contribution in [0.25, 0.3) is 11.3 Å². The van der Waals surface area contributed by atoms with Gasteiger partial charge in [-0.2, -0.15) is 13.2 Å². The third-order valence-corrected chi connectivity index (χ3v) is 6.51. The maximum atomic E-state index is 14.5. The van der Waals surface area contributed by atoms with Crippen molar-refractivity contribution in [3.63, 3.8) is 0 Å². The van der Waals surface area contributed by atoms with Crippen molar-refractivity contribution in [3.8, 4) is 28.5 Å². The van der Waals surface area contributed by atoms with Gasteiger partial charge in [-0.05, 0) is 43.7 Å². The largest absolute Gasteiger partial charge is 0.493 e. The summed E-state index contributed by atoms with van der Waals surface area (Å²) >= 11 is 0. The van der Waals surface area contributed by atoms with E-state index in [1.54, 1.807) is 6.92 Å². The molecule has 9 nitrogen and oxygen atoms in total. The quantitative estimate of drug-likeness (QED) is 0.249. The Hall–Kier alpha value is -3.81. The second-order valence-corrected chi connectivity index (χ2v) is 9.52. The number of ketones is 1. The van der Waals surface area contributed by atoms with Crippen LogP contribution < -0.4 is 19.9 Å². The molecule has 0 aliphatic carbocycles. The van der Waals surface area contributed by atoms with Crippen molar-refractivity contribution in [2.45, 2.75) is 37.1 Å². The minimum absolute atomic E-state index is 0.0550. The number of nitrogens with two attached hydrogens (primary N) is 1. The van der Waals surface area contributed by atoms with Crippen LogP contribution in [0.5, 0.6) is 17.2 Å². The van der Waals surface area contributed by atoms with Gasteiger partial charge in [0.05, 0.1) is 31.1 Å².